The summed E-state index contributed by atoms with van der Waals surface area (Å²) < 4.78 is 10.6. The zero-order chi connectivity index (χ0) is 20.7. The Morgan fingerprint density at radius 1 is 1.38 bits per heavy atom. The number of allylic oxidation sites excluding steroid dienone is 2. The Labute approximate surface area is 173 Å². The lowest BCUT2D eigenvalue weighted by molar-refractivity contribution is -0.385. The first kappa shape index (κ1) is 19.6. The normalized spacial score (nSPS) is 22.6. The van der Waals surface area contributed by atoms with Crippen molar-refractivity contribution >= 4 is 29.1 Å². The van der Waals surface area contributed by atoms with Gasteiger partial charge in [-0.1, -0.05) is 6.08 Å². The number of esters is 1. The van der Waals surface area contributed by atoms with Crippen LogP contribution in [0.25, 0.3) is 0 Å². The molecule has 0 saturated heterocycles. The molecule has 8 nitrogen and oxygen atoms in total. The molecule has 2 atom stereocenters. The molecule has 154 valence electrons. The van der Waals surface area contributed by atoms with Crippen molar-refractivity contribution < 1.29 is 19.2 Å². The lowest BCUT2D eigenvalue weighted by atomic mass is 9.97. The maximum atomic E-state index is 12.8. The second kappa shape index (κ2) is 7.62. The molecular weight excluding hydrogens is 394 g/mol. The molecule has 0 aliphatic carbocycles. The molecular formula is C20H23N3O5S. The van der Waals surface area contributed by atoms with Gasteiger partial charge in [0.2, 0.25) is 0 Å². The van der Waals surface area contributed by atoms with Gasteiger partial charge in [-0.05, 0) is 43.2 Å². The van der Waals surface area contributed by atoms with E-state index in [1.807, 2.05) is 11.9 Å². The third-order valence-corrected chi connectivity index (χ3v) is 6.70. The monoisotopic (exact) mass is 417 g/mol. The third-order valence-electron chi connectivity index (χ3n) is 5.56. The average Bonchev–Trinajstić information content (AvgIpc) is 3.32. The van der Waals surface area contributed by atoms with Gasteiger partial charge in [0.25, 0.3) is 0 Å². The van der Waals surface area contributed by atoms with Crippen molar-refractivity contribution in [2.75, 3.05) is 25.7 Å². The van der Waals surface area contributed by atoms with E-state index in [0.29, 0.717) is 25.1 Å². The van der Waals surface area contributed by atoms with E-state index >= 15 is 0 Å². The number of likely N-dealkylation sites (N-methyl/N-ethyl adjacent to an activating group) is 1. The van der Waals surface area contributed by atoms with Crippen LogP contribution in [0.4, 0.5) is 11.4 Å². The van der Waals surface area contributed by atoms with Crippen molar-refractivity contribution in [1.82, 2.24) is 4.90 Å². The summed E-state index contributed by atoms with van der Waals surface area (Å²) in [6.07, 6.45) is 4.19. The predicted molar refractivity (Wildman–Crippen MR) is 111 cm³/mol. The van der Waals surface area contributed by atoms with E-state index in [9.17, 15) is 14.9 Å². The van der Waals surface area contributed by atoms with Gasteiger partial charge in [-0.2, -0.15) is 0 Å². The number of aryl methyl sites for hydroxylation is 1. The van der Waals surface area contributed by atoms with Gasteiger partial charge in [0, 0.05) is 13.1 Å². The first-order chi connectivity index (χ1) is 14.0. The summed E-state index contributed by atoms with van der Waals surface area (Å²) in [5, 5.41) is 13.9. The Bertz CT molecular complexity index is 921. The number of carbonyl (C=O) groups is 1. The molecule has 3 heterocycles. The topological polar surface area (TPSA) is 85.1 Å². The van der Waals surface area contributed by atoms with Crippen LogP contribution in [0.15, 0.2) is 35.0 Å². The standard InChI is InChI=1S/C20H23N3O5S/c1-4-28-20(24)18-13-8-7-12-10-16(27-3)15(23(25)26)11-14(12)22(13)19(21(18)2)17-6-5-9-29-17/h5,9-11,17,19H,4,6-8H2,1-3H3. The van der Waals surface area contributed by atoms with Gasteiger partial charge in [-0.3, -0.25) is 10.1 Å². The first-order valence-corrected chi connectivity index (χ1v) is 10.5. The maximum absolute atomic E-state index is 12.8. The molecule has 1 aromatic rings. The van der Waals surface area contributed by atoms with E-state index < -0.39 is 4.92 Å². The fraction of sp³-hybridized carbons (Fsp3) is 0.450. The lowest BCUT2D eigenvalue weighted by Crippen LogP contribution is -2.47. The third kappa shape index (κ3) is 3.13. The molecule has 3 aliphatic heterocycles. The lowest BCUT2D eigenvalue weighted by Gasteiger charge is -2.39. The number of nitro benzene ring substituents is 1. The van der Waals surface area contributed by atoms with E-state index in [2.05, 4.69) is 16.4 Å². The zero-order valence-corrected chi connectivity index (χ0v) is 17.4. The molecule has 0 aromatic heterocycles. The van der Waals surface area contributed by atoms with E-state index in [-0.39, 0.29) is 28.8 Å². The molecule has 0 radical (unpaired) electrons. The maximum Gasteiger partial charge on any atom is 0.356 e. The molecule has 9 heteroatoms. The minimum Gasteiger partial charge on any atom is -0.490 e. The Kier molecular flexibility index (Phi) is 5.16. The van der Waals surface area contributed by atoms with Crippen molar-refractivity contribution in [3.8, 4) is 5.75 Å². The minimum atomic E-state index is -0.427. The number of hydrogen-bond donors (Lipinski definition) is 0. The number of thioether (sulfide) groups is 1. The van der Waals surface area contributed by atoms with Crippen molar-refractivity contribution in [3.05, 3.63) is 50.7 Å². The molecule has 0 bridgehead atoms. The summed E-state index contributed by atoms with van der Waals surface area (Å²) in [5.41, 5.74) is 3.10. The number of nitrogens with zero attached hydrogens (tertiary/aromatic N) is 3. The average molecular weight is 417 g/mol. The van der Waals surface area contributed by atoms with Gasteiger partial charge in [-0.25, -0.2) is 4.79 Å². The number of ether oxygens (including phenoxy) is 2. The summed E-state index contributed by atoms with van der Waals surface area (Å²) in [6, 6.07) is 3.33. The highest BCUT2D eigenvalue weighted by molar-refractivity contribution is 8.03. The second-order valence-electron chi connectivity index (χ2n) is 7.10. The minimum absolute atomic E-state index is 0.0734. The first-order valence-electron chi connectivity index (χ1n) is 9.56. The van der Waals surface area contributed by atoms with Crippen LogP contribution >= 0.6 is 11.8 Å². The molecule has 3 aliphatic rings. The SMILES string of the molecule is CCOC(=O)C1=C2CCc3cc(OC)c([N+](=O)[O-])cc3N2C(C2CC=CS2)N1C. The van der Waals surface area contributed by atoms with E-state index in [1.54, 1.807) is 30.8 Å². The smallest absolute Gasteiger partial charge is 0.356 e. The molecule has 0 fully saturated rings. The van der Waals surface area contributed by atoms with Crippen LogP contribution in [0.1, 0.15) is 25.3 Å². The predicted octanol–water partition coefficient (Wildman–Crippen LogP) is 3.42. The zero-order valence-electron chi connectivity index (χ0n) is 16.6. The van der Waals surface area contributed by atoms with Gasteiger partial charge >= 0.3 is 11.7 Å². The van der Waals surface area contributed by atoms with E-state index in [0.717, 1.165) is 23.4 Å². The summed E-state index contributed by atoms with van der Waals surface area (Å²) in [6.45, 7) is 2.09. The van der Waals surface area contributed by atoms with E-state index in [4.69, 9.17) is 9.47 Å². The Hall–Kier alpha value is -2.68. The fourth-order valence-electron chi connectivity index (χ4n) is 4.36. The van der Waals surface area contributed by atoms with Crippen LogP contribution in [-0.2, 0) is 16.0 Å². The quantitative estimate of drug-likeness (QED) is 0.409. The largest absolute Gasteiger partial charge is 0.490 e. The van der Waals surface area contributed by atoms with Crippen LogP contribution in [0.2, 0.25) is 0 Å². The van der Waals surface area contributed by atoms with Crippen molar-refractivity contribution in [1.29, 1.82) is 0 Å². The van der Waals surface area contributed by atoms with Crippen molar-refractivity contribution in [2.24, 2.45) is 0 Å². The molecule has 0 amide bonds. The van der Waals surface area contributed by atoms with Crippen LogP contribution in [0, 0.1) is 10.1 Å². The van der Waals surface area contributed by atoms with Gasteiger partial charge in [0.15, 0.2) is 5.75 Å². The highest BCUT2D eigenvalue weighted by atomic mass is 32.2. The molecule has 0 N–H and O–H groups in total. The Morgan fingerprint density at radius 2 is 2.17 bits per heavy atom. The number of benzene rings is 1. The number of fused-ring (bicyclic) bond motifs is 3. The number of anilines is 1. The highest BCUT2D eigenvalue weighted by Gasteiger charge is 2.47. The second-order valence-corrected chi connectivity index (χ2v) is 8.25. The number of rotatable bonds is 5. The van der Waals surface area contributed by atoms with Crippen molar-refractivity contribution in [2.45, 2.75) is 37.6 Å². The van der Waals surface area contributed by atoms with Crippen LogP contribution < -0.4 is 9.64 Å². The van der Waals surface area contributed by atoms with Crippen LogP contribution in [-0.4, -0.2) is 48.0 Å². The van der Waals surface area contributed by atoms with Crippen LogP contribution in [0.3, 0.4) is 0 Å². The molecule has 0 spiro atoms. The van der Waals surface area contributed by atoms with Crippen LogP contribution in [0.5, 0.6) is 5.75 Å². The molecule has 29 heavy (non-hydrogen) atoms. The molecule has 2 unspecified atom stereocenters. The van der Waals surface area contributed by atoms with Gasteiger partial charge in [0.05, 0.1) is 35.3 Å². The Morgan fingerprint density at radius 3 is 2.79 bits per heavy atom. The fourth-order valence-corrected chi connectivity index (χ4v) is 5.45. The number of nitro groups is 1. The summed E-state index contributed by atoms with van der Waals surface area (Å²) in [4.78, 5) is 28.0. The number of carbonyl (C=O) groups excluding carboxylic acids is 1. The molecule has 0 saturated carbocycles. The Balaban J connectivity index is 1.87. The van der Waals surface area contributed by atoms with Gasteiger partial charge in [-0.15, -0.1) is 11.8 Å². The highest BCUT2D eigenvalue weighted by Crippen LogP contribution is 2.48. The van der Waals surface area contributed by atoms with E-state index in [1.165, 1.54) is 7.11 Å². The summed E-state index contributed by atoms with van der Waals surface area (Å²) >= 11 is 1.72. The number of methoxy groups -OCH3 is 1. The molecule has 1 aromatic carbocycles. The summed E-state index contributed by atoms with van der Waals surface area (Å²) in [7, 11) is 3.34. The number of hydrogen-bond acceptors (Lipinski definition) is 8. The van der Waals surface area contributed by atoms with Gasteiger partial charge in [0.1, 0.15) is 11.9 Å². The van der Waals surface area contributed by atoms with Gasteiger partial charge < -0.3 is 19.3 Å². The van der Waals surface area contributed by atoms with Crippen molar-refractivity contribution in [3.63, 3.8) is 0 Å². The molecule has 4 rings (SSSR count). The summed E-state index contributed by atoms with van der Waals surface area (Å²) in [5.74, 6) is -0.0901.